The van der Waals surface area contributed by atoms with Crippen LogP contribution < -0.4 is 9.47 Å². The molecule has 0 bridgehead atoms. The number of nitrogens with zero attached hydrogens (tertiary/aromatic N) is 1. The summed E-state index contributed by atoms with van der Waals surface area (Å²) in [5.74, 6) is 2.88. The monoisotopic (exact) mass is 621 g/mol. The SMILES string of the molecule is C=C1/C(=C\C=C2/CCC[C@]3(C)[C@@H]([C@H](C)C[C@@H]4C[C@@](C)(O)C(=O)N4CCCc4cc(OC)cc(OC)c4)CC[C@@H]23)C[C@@H](O)C[C@@H]1O. The minimum atomic E-state index is -1.32. The maximum Gasteiger partial charge on any atom is 0.254 e. The van der Waals surface area contributed by atoms with Gasteiger partial charge >= 0.3 is 0 Å². The fourth-order valence-corrected chi connectivity index (χ4v) is 9.36. The van der Waals surface area contributed by atoms with E-state index < -0.39 is 17.8 Å². The van der Waals surface area contributed by atoms with Gasteiger partial charge in [-0.1, -0.05) is 38.2 Å². The maximum absolute atomic E-state index is 13.4. The van der Waals surface area contributed by atoms with Crippen LogP contribution in [-0.2, 0) is 11.2 Å². The quantitative estimate of drug-likeness (QED) is 0.290. The molecule has 1 saturated heterocycles. The van der Waals surface area contributed by atoms with Crippen molar-refractivity contribution in [3.05, 3.63) is 59.2 Å². The van der Waals surface area contributed by atoms with Crippen LogP contribution >= 0.6 is 0 Å². The Kier molecular flexibility index (Phi) is 10.2. The Morgan fingerprint density at radius 2 is 1.82 bits per heavy atom. The van der Waals surface area contributed by atoms with Crippen LogP contribution in [0.15, 0.2) is 53.6 Å². The second-order valence-electron chi connectivity index (χ2n) is 14.8. The summed E-state index contributed by atoms with van der Waals surface area (Å²) >= 11 is 0. The molecule has 5 rings (SSSR count). The Labute approximate surface area is 270 Å². The number of hydrogen-bond acceptors (Lipinski definition) is 6. The molecule has 0 spiro atoms. The number of likely N-dealkylation sites (tertiary alicyclic amines) is 1. The van der Waals surface area contributed by atoms with Gasteiger partial charge in [-0.25, -0.2) is 0 Å². The molecule has 1 aromatic carbocycles. The summed E-state index contributed by atoms with van der Waals surface area (Å²) in [7, 11) is 3.30. The van der Waals surface area contributed by atoms with E-state index in [4.69, 9.17) is 9.47 Å². The Balaban J connectivity index is 1.25. The smallest absolute Gasteiger partial charge is 0.254 e. The molecule has 7 heteroatoms. The second kappa shape index (κ2) is 13.6. The number of fused-ring (bicyclic) bond motifs is 1. The van der Waals surface area contributed by atoms with Crippen molar-refractivity contribution in [2.45, 2.75) is 115 Å². The van der Waals surface area contributed by atoms with Gasteiger partial charge < -0.3 is 29.7 Å². The van der Waals surface area contributed by atoms with E-state index in [1.165, 1.54) is 24.8 Å². The van der Waals surface area contributed by atoms with Crippen LogP contribution in [-0.4, -0.2) is 70.7 Å². The van der Waals surface area contributed by atoms with E-state index in [1.54, 1.807) is 21.1 Å². The molecule has 7 nitrogen and oxygen atoms in total. The predicted molar refractivity (Wildman–Crippen MR) is 177 cm³/mol. The number of allylic oxidation sites excluding steroid dienone is 3. The van der Waals surface area contributed by atoms with Crippen molar-refractivity contribution in [3.63, 3.8) is 0 Å². The zero-order valence-electron chi connectivity index (χ0n) is 28.1. The van der Waals surface area contributed by atoms with E-state index in [0.29, 0.717) is 43.6 Å². The average molecular weight is 622 g/mol. The third-order valence-electron chi connectivity index (χ3n) is 11.7. The number of aliphatic hydroxyl groups excluding tert-OH is 2. The van der Waals surface area contributed by atoms with Crippen molar-refractivity contribution < 1.29 is 29.6 Å². The lowest BCUT2D eigenvalue weighted by atomic mass is 9.60. The topological polar surface area (TPSA) is 99.5 Å². The van der Waals surface area contributed by atoms with Crippen LogP contribution in [0.3, 0.4) is 0 Å². The minimum absolute atomic E-state index is 0.0310. The highest BCUT2D eigenvalue weighted by Gasteiger charge is 2.53. The molecule has 3 aliphatic carbocycles. The second-order valence-corrected chi connectivity index (χ2v) is 14.8. The Morgan fingerprint density at radius 1 is 1.11 bits per heavy atom. The number of aryl methyl sites for hydroxylation is 1. The average Bonchev–Trinajstić information content (AvgIpc) is 3.46. The molecular formula is C38H55NO6. The van der Waals surface area contributed by atoms with Crippen LogP contribution in [0.1, 0.15) is 90.5 Å². The highest BCUT2D eigenvalue weighted by Crippen LogP contribution is 2.60. The number of amides is 1. The number of benzene rings is 1. The van der Waals surface area contributed by atoms with Crippen LogP contribution in [0.25, 0.3) is 0 Å². The van der Waals surface area contributed by atoms with E-state index in [9.17, 15) is 20.1 Å². The molecule has 4 aliphatic rings. The van der Waals surface area contributed by atoms with Crippen molar-refractivity contribution >= 4 is 5.91 Å². The first-order chi connectivity index (χ1) is 21.4. The van der Waals surface area contributed by atoms with Gasteiger partial charge in [0.15, 0.2) is 0 Å². The molecule has 8 atom stereocenters. The first-order valence-corrected chi connectivity index (χ1v) is 17.1. The molecular weight excluding hydrogens is 566 g/mol. The van der Waals surface area contributed by atoms with Crippen molar-refractivity contribution in [1.82, 2.24) is 4.90 Å². The molecule has 1 heterocycles. The van der Waals surface area contributed by atoms with Gasteiger partial charge in [0.05, 0.1) is 26.4 Å². The molecule has 0 unspecified atom stereocenters. The fourth-order valence-electron chi connectivity index (χ4n) is 9.36. The molecule has 248 valence electrons. The van der Waals surface area contributed by atoms with Gasteiger partial charge in [-0.2, -0.15) is 0 Å². The van der Waals surface area contributed by atoms with Gasteiger partial charge in [0.2, 0.25) is 0 Å². The normalized spacial score (nSPS) is 36.1. The van der Waals surface area contributed by atoms with E-state index in [1.807, 2.05) is 23.1 Å². The van der Waals surface area contributed by atoms with Gasteiger partial charge in [0.25, 0.3) is 5.91 Å². The van der Waals surface area contributed by atoms with Gasteiger partial charge in [-0.3, -0.25) is 4.79 Å². The molecule has 45 heavy (non-hydrogen) atoms. The van der Waals surface area contributed by atoms with Crippen LogP contribution in [0.4, 0.5) is 0 Å². The van der Waals surface area contributed by atoms with Crippen molar-refractivity contribution in [2.75, 3.05) is 20.8 Å². The third kappa shape index (κ3) is 7.06. The minimum Gasteiger partial charge on any atom is -0.497 e. The van der Waals surface area contributed by atoms with E-state index in [2.05, 4.69) is 32.6 Å². The zero-order chi connectivity index (χ0) is 32.5. The Bertz CT molecular complexity index is 1290. The lowest BCUT2D eigenvalue weighted by Crippen LogP contribution is -2.41. The third-order valence-corrected chi connectivity index (χ3v) is 11.7. The summed E-state index contributed by atoms with van der Waals surface area (Å²) in [6.45, 7) is 11.2. The van der Waals surface area contributed by atoms with Crippen LogP contribution in [0.5, 0.6) is 11.5 Å². The van der Waals surface area contributed by atoms with E-state index in [-0.39, 0.29) is 17.4 Å². The number of rotatable bonds is 10. The standard InChI is InChI=1S/C38H55NO6/c1-24(17-29-23-38(4,43)36(42)39(29)16-8-9-26-18-31(44-5)22-32(19-26)45-6)33-13-14-34-27(10-7-15-37(33,34)3)11-12-28-20-30(40)21-35(41)25(28)2/h11-12,18-19,22,24,29-30,33-35,40-41,43H,2,7-10,13-17,20-21,23H2,1,3-6H3/b27-11+,28-12-/t24-,29-,30-,33-,34+,35+,37-,38-/m1/s1. The lowest BCUT2D eigenvalue weighted by molar-refractivity contribution is -0.142. The molecule has 0 aromatic heterocycles. The summed E-state index contributed by atoms with van der Waals surface area (Å²) in [6, 6.07) is 5.93. The number of hydrogen-bond donors (Lipinski definition) is 3. The number of aliphatic hydroxyl groups is 3. The summed E-state index contributed by atoms with van der Waals surface area (Å²) in [5, 5.41) is 31.5. The molecule has 4 fully saturated rings. The number of carbonyl (C=O) groups is 1. The molecule has 1 amide bonds. The van der Waals surface area contributed by atoms with Gasteiger partial charge in [0, 0.05) is 31.5 Å². The van der Waals surface area contributed by atoms with E-state index in [0.717, 1.165) is 60.3 Å². The molecule has 3 N–H and O–H groups in total. The van der Waals surface area contributed by atoms with Crippen molar-refractivity contribution in [2.24, 2.45) is 23.2 Å². The van der Waals surface area contributed by atoms with Gasteiger partial charge in [0.1, 0.15) is 17.1 Å². The van der Waals surface area contributed by atoms with Gasteiger partial charge in [-0.15, -0.1) is 0 Å². The summed E-state index contributed by atoms with van der Waals surface area (Å²) in [4.78, 5) is 15.3. The predicted octanol–water partition coefficient (Wildman–Crippen LogP) is 6.16. The maximum atomic E-state index is 13.4. The largest absolute Gasteiger partial charge is 0.497 e. The molecule has 0 radical (unpaired) electrons. The van der Waals surface area contributed by atoms with E-state index >= 15 is 0 Å². The van der Waals surface area contributed by atoms with Crippen molar-refractivity contribution in [1.29, 1.82) is 0 Å². The summed E-state index contributed by atoms with van der Waals surface area (Å²) in [6.07, 6.45) is 12.9. The Hall–Kier alpha value is -2.61. The van der Waals surface area contributed by atoms with Crippen LogP contribution in [0.2, 0.25) is 0 Å². The summed E-state index contributed by atoms with van der Waals surface area (Å²) in [5.41, 5.74) is 3.19. The molecule has 3 saturated carbocycles. The van der Waals surface area contributed by atoms with Crippen LogP contribution in [0, 0.1) is 23.2 Å². The molecule has 1 aliphatic heterocycles. The highest BCUT2D eigenvalue weighted by molar-refractivity contribution is 5.87. The molecule has 1 aromatic rings. The number of ether oxygens (including phenoxy) is 2. The first-order valence-electron chi connectivity index (χ1n) is 17.1. The lowest BCUT2D eigenvalue weighted by Gasteiger charge is -2.45. The zero-order valence-corrected chi connectivity index (χ0v) is 28.1. The van der Waals surface area contributed by atoms with Gasteiger partial charge in [-0.05, 0) is 117 Å². The van der Waals surface area contributed by atoms with Crippen molar-refractivity contribution in [3.8, 4) is 11.5 Å². The fraction of sp³-hybridized carbons (Fsp3) is 0.658. The highest BCUT2D eigenvalue weighted by atomic mass is 16.5. The number of carbonyl (C=O) groups excluding carboxylic acids is 1. The first kappa shape index (κ1) is 33.7. The summed E-state index contributed by atoms with van der Waals surface area (Å²) < 4.78 is 10.9. The number of methoxy groups -OCH3 is 2. The Morgan fingerprint density at radius 3 is 2.51 bits per heavy atom.